The molecule has 5 heteroatoms. The van der Waals surface area contributed by atoms with E-state index < -0.39 is 23.5 Å². The van der Waals surface area contributed by atoms with Gasteiger partial charge in [0.2, 0.25) is 0 Å². The van der Waals surface area contributed by atoms with E-state index in [0.717, 1.165) is 18.2 Å². The van der Waals surface area contributed by atoms with Crippen molar-refractivity contribution < 1.29 is 18.7 Å². The fraction of sp³-hybridized carbons (Fsp3) is 0.417. The molecule has 1 unspecified atom stereocenters. The highest BCUT2D eigenvalue weighted by molar-refractivity contribution is 5.70. The molecule has 1 aromatic rings. The third-order valence-corrected chi connectivity index (χ3v) is 2.51. The first-order chi connectivity index (χ1) is 8.02. The number of carbonyl (C=O) groups is 1. The molecule has 0 fully saturated rings. The van der Waals surface area contributed by atoms with Crippen molar-refractivity contribution in [3.05, 3.63) is 35.4 Å². The number of halogens is 2. The molecule has 0 amide bonds. The fourth-order valence-corrected chi connectivity index (χ4v) is 1.69. The van der Waals surface area contributed by atoms with Gasteiger partial charge in [-0.1, -0.05) is 0 Å². The van der Waals surface area contributed by atoms with Crippen LogP contribution in [0.2, 0.25) is 0 Å². The highest BCUT2D eigenvalue weighted by Crippen LogP contribution is 2.16. The van der Waals surface area contributed by atoms with Crippen molar-refractivity contribution in [1.29, 1.82) is 0 Å². The largest absolute Gasteiger partial charge is 0.481 e. The minimum Gasteiger partial charge on any atom is -0.481 e. The van der Waals surface area contributed by atoms with Gasteiger partial charge in [-0.05, 0) is 43.5 Å². The van der Waals surface area contributed by atoms with Crippen LogP contribution < -0.4 is 5.73 Å². The summed E-state index contributed by atoms with van der Waals surface area (Å²) in [4.78, 5) is 11.0. The van der Waals surface area contributed by atoms with E-state index in [4.69, 9.17) is 10.8 Å². The van der Waals surface area contributed by atoms with Gasteiger partial charge in [0.15, 0.2) is 0 Å². The minimum atomic E-state index is -0.969. The van der Waals surface area contributed by atoms with Crippen LogP contribution in [0.15, 0.2) is 18.2 Å². The first kappa shape index (κ1) is 13.6. The number of hydrogen-bond donors (Lipinski definition) is 2. The predicted molar refractivity (Wildman–Crippen MR) is 59.5 cm³/mol. The van der Waals surface area contributed by atoms with Gasteiger partial charge in [-0.2, -0.15) is 0 Å². The first-order valence-corrected chi connectivity index (χ1v) is 5.40. The van der Waals surface area contributed by atoms with Crippen molar-refractivity contribution in [3.8, 4) is 0 Å². The van der Waals surface area contributed by atoms with Crippen LogP contribution in [0.4, 0.5) is 8.78 Å². The zero-order chi connectivity index (χ0) is 12.8. The van der Waals surface area contributed by atoms with Gasteiger partial charge in [-0.3, -0.25) is 4.79 Å². The number of hydrogen-bond acceptors (Lipinski definition) is 2. The van der Waals surface area contributed by atoms with Crippen LogP contribution in [0.5, 0.6) is 0 Å². The number of aliphatic carboxylic acids is 1. The van der Waals surface area contributed by atoms with Crippen molar-refractivity contribution in [2.24, 2.45) is 11.7 Å². The Morgan fingerprint density at radius 3 is 2.35 bits per heavy atom. The maximum atomic E-state index is 12.9. The molecule has 0 aliphatic heterocycles. The molecular formula is C12H15F2NO2. The van der Waals surface area contributed by atoms with Crippen LogP contribution in [0.3, 0.4) is 0 Å². The number of nitrogens with two attached hydrogens (primary N) is 1. The normalized spacial score (nSPS) is 12.4. The summed E-state index contributed by atoms with van der Waals surface area (Å²) in [5, 5.41) is 8.97. The molecule has 0 aliphatic rings. The van der Waals surface area contributed by atoms with Crippen molar-refractivity contribution in [2.45, 2.75) is 19.3 Å². The third kappa shape index (κ3) is 4.48. The van der Waals surface area contributed by atoms with E-state index >= 15 is 0 Å². The Balaban J connectivity index is 2.74. The van der Waals surface area contributed by atoms with Crippen LogP contribution in [-0.2, 0) is 11.2 Å². The van der Waals surface area contributed by atoms with Crippen LogP contribution in [0.25, 0.3) is 0 Å². The quantitative estimate of drug-likeness (QED) is 0.802. The van der Waals surface area contributed by atoms with Crippen LogP contribution in [0.1, 0.15) is 18.4 Å². The standard InChI is InChI=1S/C12H15F2NO2/c13-10-5-8(6-11(14)7-10)4-9(12(16)17)2-1-3-15/h5-7,9H,1-4,15H2,(H,16,17). The molecule has 1 aromatic carbocycles. The Hall–Kier alpha value is -1.49. The van der Waals surface area contributed by atoms with Gasteiger partial charge in [0.25, 0.3) is 0 Å². The second kappa shape index (κ2) is 6.30. The summed E-state index contributed by atoms with van der Waals surface area (Å²) in [6.45, 7) is 0.404. The minimum absolute atomic E-state index is 0.115. The molecule has 0 radical (unpaired) electrons. The van der Waals surface area contributed by atoms with Gasteiger partial charge >= 0.3 is 5.97 Å². The Morgan fingerprint density at radius 1 is 1.29 bits per heavy atom. The second-order valence-corrected chi connectivity index (χ2v) is 3.95. The molecule has 0 saturated heterocycles. The van der Waals surface area contributed by atoms with Gasteiger partial charge in [0.05, 0.1) is 5.92 Å². The molecule has 17 heavy (non-hydrogen) atoms. The summed E-state index contributed by atoms with van der Waals surface area (Å²) < 4.78 is 25.8. The third-order valence-electron chi connectivity index (χ3n) is 2.51. The molecule has 0 saturated carbocycles. The van der Waals surface area contributed by atoms with Crippen LogP contribution >= 0.6 is 0 Å². The lowest BCUT2D eigenvalue weighted by molar-refractivity contribution is -0.141. The highest BCUT2D eigenvalue weighted by atomic mass is 19.1. The maximum absolute atomic E-state index is 12.9. The molecule has 0 aliphatic carbocycles. The molecule has 0 spiro atoms. The van der Waals surface area contributed by atoms with Crippen LogP contribution in [-0.4, -0.2) is 17.6 Å². The lowest BCUT2D eigenvalue weighted by atomic mass is 9.95. The van der Waals surface area contributed by atoms with Gasteiger partial charge in [0.1, 0.15) is 11.6 Å². The second-order valence-electron chi connectivity index (χ2n) is 3.95. The fourth-order valence-electron chi connectivity index (χ4n) is 1.69. The number of benzene rings is 1. The van der Waals surface area contributed by atoms with E-state index in [-0.39, 0.29) is 6.42 Å². The Kier molecular flexibility index (Phi) is 5.03. The molecule has 0 bridgehead atoms. The predicted octanol–water partition coefficient (Wildman–Crippen LogP) is 1.95. The topological polar surface area (TPSA) is 63.3 Å². The smallest absolute Gasteiger partial charge is 0.306 e. The average molecular weight is 243 g/mol. The lowest BCUT2D eigenvalue weighted by Crippen LogP contribution is -2.18. The number of carboxylic acid groups (broad SMARTS) is 1. The summed E-state index contributed by atoms with van der Waals surface area (Å²) in [5.74, 6) is -3.01. The van der Waals surface area contributed by atoms with Gasteiger partial charge in [0, 0.05) is 6.07 Å². The van der Waals surface area contributed by atoms with Gasteiger partial charge in [-0.15, -0.1) is 0 Å². The van der Waals surface area contributed by atoms with E-state index in [9.17, 15) is 13.6 Å². The molecular weight excluding hydrogens is 228 g/mol. The number of carboxylic acids is 1. The molecule has 1 rings (SSSR count). The summed E-state index contributed by atoms with van der Waals surface area (Å²) in [7, 11) is 0. The van der Waals surface area contributed by atoms with Crippen molar-refractivity contribution >= 4 is 5.97 Å². The van der Waals surface area contributed by atoms with E-state index in [0.29, 0.717) is 24.9 Å². The van der Waals surface area contributed by atoms with E-state index in [2.05, 4.69) is 0 Å². The maximum Gasteiger partial charge on any atom is 0.306 e. The van der Waals surface area contributed by atoms with Crippen molar-refractivity contribution in [1.82, 2.24) is 0 Å². The summed E-state index contributed by atoms with van der Waals surface area (Å²) in [6, 6.07) is 3.07. The van der Waals surface area contributed by atoms with Crippen molar-refractivity contribution in [2.75, 3.05) is 6.54 Å². The zero-order valence-corrected chi connectivity index (χ0v) is 9.33. The Morgan fingerprint density at radius 2 is 1.88 bits per heavy atom. The first-order valence-electron chi connectivity index (χ1n) is 5.40. The van der Waals surface area contributed by atoms with Crippen LogP contribution in [0, 0.1) is 17.6 Å². The lowest BCUT2D eigenvalue weighted by Gasteiger charge is -2.11. The molecule has 0 heterocycles. The van der Waals surface area contributed by atoms with E-state index in [1.165, 1.54) is 0 Å². The molecule has 94 valence electrons. The highest BCUT2D eigenvalue weighted by Gasteiger charge is 2.18. The molecule has 1 atom stereocenters. The average Bonchev–Trinajstić information content (AvgIpc) is 2.22. The zero-order valence-electron chi connectivity index (χ0n) is 9.33. The monoisotopic (exact) mass is 243 g/mol. The summed E-state index contributed by atoms with van der Waals surface area (Å²) >= 11 is 0. The Bertz CT molecular complexity index is 376. The van der Waals surface area contributed by atoms with E-state index in [1.807, 2.05) is 0 Å². The van der Waals surface area contributed by atoms with Crippen molar-refractivity contribution in [3.63, 3.8) is 0 Å². The van der Waals surface area contributed by atoms with Gasteiger partial charge < -0.3 is 10.8 Å². The van der Waals surface area contributed by atoms with Gasteiger partial charge in [-0.25, -0.2) is 8.78 Å². The number of rotatable bonds is 6. The summed E-state index contributed by atoms with van der Waals surface area (Å²) in [5.41, 5.74) is 5.66. The molecule has 3 N–H and O–H groups in total. The summed E-state index contributed by atoms with van der Waals surface area (Å²) in [6.07, 6.45) is 1.10. The van der Waals surface area contributed by atoms with E-state index in [1.54, 1.807) is 0 Å². The SMILES string of the molecule is NCCCC(Cc1cc(F)cc(F)c1)C(=O)O. The Labute approximate surface area is 98.2 Å². The molecule has 0 aromatic heterocycles. The molecule has 3 nitrogen and oxygen atoms in total.